The lowest BCUT2D eigenvalue weighted by atomic mass is 9.83. The summed E-state index contributed by atoms with van der Waals surface area (Å²) < 4.78 is 18.4. The lowest BCUT2D eigenvalue weighted by Gasteiger charge is -2.27. The Morgan fingerprint density at radius 3 is 2.65 bits per heavy atom. The van der Waals surface area contributed by atoms with Gasteiger partial charge in [-0.05, 0) is 36.4 Å². The maximum Gasteiger partial charge on any atom is 0.355 e. The average molecular weight is 637 g/mol. The van der Waals surface area contributed by atoms with E-state index in [0.29, 0.717) is 37.2 Å². The van der Waals surface area contributed by atoms with Crippen molar-refractivity contribution in [3.8, 4) is 23.3 Å². The number of ether oxygens (including phenoxy) is 3. The highest BCUT2D eigenvalue weighted by molar-refractivity contribution is 9.10. The second-order valence-corrected chi connectivity index (χ2v) is 11.1. The molecule has 0 saturated carbocycles. The number of hydrogen-bond donors (Lipinski definition) is 1. The molecule has 0 spiro atoms. The molecule has 186 valence electrons. The molecule has 0 amide bonds. The molecule has 0 saturated heterocycles. The molecule has 37 heavy (non-hydrogen) atoms. The number of carbonyl (C=O) groups is 1. The summed E-state index contributed by atoms with van der Waals surface area (Å²) in [7, 11) is 1.55. The van der Waals surface area contributed by atoms with Gasteiger partial charge in [0.05, 0.1) is 23.1 Å². The number of benzene rings is 3. The summed E-state index contributed by atoms with van der Waals surface area (Å²) in [6.45, 7) is 0. The maximum atomic E-state index is 13.0. The first kappa shape index (κ1) is 25.7. The molecule has 1 atom stereocenters. The van der Waals surface area contributed by atoms with Crippen LogP contribution in [-0.2, 0) is 0 Å². The average Bonchev–Trinajstić information content (AvgIpc) is 3.19. The Morgan fingerprint density at radius 1 is 1.14 bits per heavy atom. The highest BCUT2D eigenvalue weighted by Crippen LogP contribution is 2.47. The number of rotatable bonds is 4. The molecule has 1 aromatic heterocycles. The smallest absolute Gasteiger partial charge is 0.355 e. The van der Waals surface area contributed by atoms with Crippen LogP contribution in [0.15, 0.2) is 64.5 Å². The summed E-state index contributed by atoms with van der Waals surface area (Å²) in [4.78, 5) is 13.2. The van der Waals surface area contributed by atoms with E-state index in [2.05, 4.69) is 22.0 Å². The van der Waals surface area contributed by atoms with E-state index in [4.69, 9.17) is 54.7 Å². The zero-order valence-electron chi connectivity index (χ0n) is 18.8. The van der Waals surface area contributed by atoms with Crippen LogP contribution in [0.5, 0.6) is 17.2 Å². The van der Waals surface area contributed by atoms with E-state index >= 15 is 0 Å². The predicted molar refractivity (Wildman–Crippen MR) is 148 cm³/mol. The summed E-state index contributed by atoms with van der Waals surface area (Å²) in [5.74, 6) is -0.157. The normalized spacial score (nSPS) is 14.6. The monoisotopic (exact) mass is 634 g/mol. The Hall–Kier alpha value is -2.93. The van der Waals surface area contributed by atoms with Crippen LogP contribution in [-0.4, -0.2) is 13.1 Å². The van der Waals surface area contributed by atoms with Gasteiger partial charge < -0.3 is 19.9 Å². The van der Waals surface area contributed by atoms with Crippen molar-refractivity contribution in [3.05, 3.63) is 95.5 Å². The topological polar surface area (TPSA) is 94.6 Å². The van der Waals surface area contributed by atoms with Gasteiger partial charge in [-0.15, -0.1) is 11.3 Å². The molecule has 0 fully saturated rings. The molecule has 1 unspecified atom stereocenters. The molecule has 6 nitrogen and oxygen atoms in total. The van der Waals surface area contributed by atoms with Gasteiger partial charge in [0.15, 0.2) is 0 Å². The van der Waals surface area contributed by atoms with Gasteiger partial charge in [-0.25, -0.2) is 4.79 Å². The molecular formula is C26H14BrCl3N2O4S. The van der Waals surface area contributed by atoms with Crippen molar-refractivity contribution in [2.24, 2.45) is 5.73 Å². The Morgan fingerprint density at radius 2 is 1.92 bits per heavy atom. The van der Waals surface area contributed by atoms with Crippen LogP contribution in [0.3, 0.4) is 0 Å². The van der Waals surface area contributed by atoms with Gasteiger partial charge in [-0.1, -0.05) is 56.8 Å². The van der Waals surface area contributed by atoms with Gasteiger partial charge in [-0.2, -0.15) is 5.26 Å². The molecule has 2 heterocycles. The SMILES string of the molecule is COc1ccc(Br)cc1C1C(C#N)=C(N)Oc2cc(OC(=O)c3sc4cc(Cl)cc(Cl)c4c3Cl)ccc21. The van der Waals surface area contributed by atoms with Crippen LogP contribution in [0.4, 0.5) is 0 Å². The van der Waals surface area contributed by atoms with Gasteiger partial charge in [-0.3, -0.25) is 0 Å². The first-order valence-electron chi connectivity index (χ1n) is 10.6. The van der Waals surface area contributed by atoms with Crippen molar-refractivity contribution in [2.45, 2.75) is 5.92 Å². The minimum atomic E-state index is -0.666. The van der Waals surface area contributed by atoms with Crippen molar-refractivity contribution in [3.63, 3.8) is 0 Å². The van der Waals surface area contributed by atoms with Crippen molar-refractivity contribution < 1.29 is 19.0 Å². The van der Waals surface area contributed by atoms with Crippen LogP contribution in [0.1, 0.15) is 26.7 Å². The van der Waals surface area contributed by atoms with E-state index in [9.17, 15) is 10.1 Å². The maximum absolute atomic E-state index is 13.0. The molecule has 2 N–H and O–H groups in total. The number of nitrogens with zero attached hydrogens (tertiary/aromatic N) is 1. The quantitative estimate of drug-likeness (QED) is 0.180. The lowest BCUT2D eigenvalue weighted by molar-refractivity contribution is 0.0740. The largest absolute Gasteiger partial charge is 0.496 e. The van der Waals surface area contributed by atoms with E-state index in [1.807, 2.05) is 12.1 Å². The molecule has 11 heteroatoms. The second kappa shape index (κ2) is 10.1. The van der Waals surface area contributed by atoms with Gasteiger partial charge in [0.2, 0.25) is 5.88 Å². The fourth-order valence-corrected chi connectivity index (χ4v) is 6.77. The third-order valence-corrected chi connectivity index (χ3v) is 8.36. The van der Waals surface area contributed by atoms with Crippen molar-refractivity contribution in [1.29, 1.82) is 5.26 Å². The molecular weight excluding hydrogens is 623 g/mol. The van der Waals surface area contributed by atoms with E-state index in [0.717, 1.165) is 21.4 Å². The summed E-state index contributed by atoms with van der Waals surface area (Å²) in [6, 6.07) is 15.8. The molecule has 3 aromatic carbocycles. The first-order chi connectivity index (χ1) is 17.7. The third-order valence-electron chi connectivity index (χ3n) is 5.74. The number of nitriles is 1. The van der Waals surface area contributed by atoms with Crippen molar-refractivity contribution in [1.82, 2.24) is 0 Å². The molecule has 0 radical (unpaired) electrons. The number of nitrogens with two attached hydrogens (primary N) is 1. The van der Waals surface area contributed by atoms with Crippen molar-refractivity contribution in [2.75, 3.05) is 7.11 Å². The van der Waals surface area contributed by atoms with E-state index in [-0.39, 0.29) is 27.1 Å². The summed E-state index contributed by atoms with van der Waals surface area (Å²) >= 11 is 23.4. The first-order valence-corrected chi connectivity index (χ1v) is 13.3. The number of allylic oxidation sites excluding steroid dienone is 1. The zero-order valence-corrected chi connectivity index (χ0v) is 23.4. The molecule has 1 aliphatic rings. The summed E-state index contributed by atoms with van der Waals surface area (Å²) in [5, 5.41) is 11.4. The zero-order chi connectivity index (χ0) is 26.4. The fraction of sp³-hybridized carbons (Fsp3) is 0.0769. The van der Waals surface area contributed by atoms with Crippen molar-refractivity contribution >= 4 is 78.1 Å². The van der Waals surface area contributed by atoms with Crippen LogP contribution in [0, 0.1) is 11.3 Å². The highest BCUT2D eigenvalue weighted by atomic mass is 79.9. The predicted octanol–water partition coefficient (Wildman–Crippen LogP) is 8.07. The van der Waals surface area contributed by atoms with E-state index < -0.39 is 11.9 Å². The number of hydrogen-bond acceptors (Lipinski definition) is 7. The van der Waals surface area contributed by atoms with Gasteiger partial charge in [0, 0.05) is 36.8 Å². The summed E-state index contributed by atoms with van der Waals surface area (Å²) in [6.07, 6.45) is 0. The van der Waals surface area contributed by atoms with Crippen LogP contribution >= 0.6 is 62.1 Å². The molecule has 0 bridgehead atoms. The van der Waals surface area contributed by atoms with Crippen LogP contribution in [0.25, 0.3) is 10.1 Å². The molecule has 1 aliphatic heterocycles. The van der Waals surface area contributed by atoms with E-state index in [1.54, 1.807) is 37.4 Å². The van der Waals surface area contributed by atoms with Gasteiger partial charge in [0.25, 0.3) is 0 Å². The minimum Gasteiger partial charge on any atom is -0.496 e. The number of carbonyl (C=O) groups excluding carboxylic acids is 1. The Bertz CT molecular complexity index is 1680. The van der Waals surface area contributed by atoms with Crippen LogP contribution < -0.4 is 19.9 Å². The number of esters is 1. The highest BCUT2D eigenvalue weighted by Gasteiger charge is 2.33. The minimum absolute atomic E-state index is 0.0513. The number of halogens is 4. The number of methoxy groups -OCH3 is 1. The lowest BCUT2D eigenvalue weighted by Crippen LogP contribution is -2.21. The Labute approximate surface area is 238 Å². The van der Waals surface area contributed by atoms with Crippen LogP contribution in [0.2, 0.25) is 15.1 Å². The molecule has 5 rings (SSSR count). The Kier molecular flexibility index (Phi) is 7.01. The standard InChI is InChI=1S/C26H14BrCl3N2O4S/c1-34-18-5-2-11(27)6-15(18)21-14-4-3-13(9-19(14)36-25(32)16(21)10-31)35-26(33)24-23(30)22-17(29)7-12(28)8-20(22)37-24/h2-9,21H,32H2,1H3. The molecule has 4 aromatic rings. The second-order valence-electron chi connectivity index (χ2n) is 7.91. The third kappa shape index (κ3) is 4.63. The fourth-order valence-electron chi connectivity index (χ4n) is 4.15. The van der Waals surface area contributed by atoms with Gasteiger partial charge in [0.1, 0.15) is 33.8 Å². The number of thiophene rings is 1. The Balaban J connectivity index is 1.53. The number of fused-ring (bicyclic) bond motifs is 2. The van der Waals surface area contributed by atoms with E-state index in [1.165, 1.54) is 6.07 Å². The van der Waals surface area contributed by atoms with Gasteiger partial charge >= 0.3 is 5.97 Å². The molecule has 0 aliphatic carbocycles. The summed E-state index contributed by atoms with van der Waals surface area (Å²) in [5.41, 5.74) is 7.74.